The van der Waals surface area contributed by atoms with Gasteiger partial charge in [-0.05, 0) is 24.1 Å². The number of aromatic nitrogens is 1. The number of aromatic carboxylic acids is 1. The van der Waals surface area contributed by atoms with Crippen molar-refractivity contribution in [1.29, 1.82) is 0 Å². The van der Waals surface area contributed by atoms with Gasteiger partial charge in [0.1, 0.15) is 0 Å². The Hall–Kier alpha value is -1.42. The third-order valence-corrected chi connectivity index (χ3v) is 3.94. The molecule has 1 atom stereocenters. The van der Waals surface area contributed by atoms with Gasteiger partial charge in [0.15, 0.2) is 0 Å². The number of carbonyl (C=O) groups is 1. The van der Waals surface area contributed by atoms with E-state index in [4.69, 9.17) is 5.11 Å². The Morgan fingerprint density at radius 1 is 1.53 bits per heavy atom. The van der Waals surface area contributed by atoms with Gasteiger partial charge in [-0.2, -0.15) is 0 Å². The molecule has 17 heavy (non-hydrogen) atoms. The van der Waals surface area contributed by atoms with E-state index >= 15 is 0 Å². The molecule has 1 N–H and O–H groups in total. The summed E-state index contributed by atoms with van der Waals surface area (Å²) in [5, 5.41) is 10.0. The fraction of sp³-hybridized carbons (Fsp3) is 0.385. The summed E-state index contributed by atoms with van der Waals surface area (Å²) in [6.45, 7) is 4.37. The summed E-state index contributed by atoms with van der Waals surface area (Å²) < 4.78 is 0.961. The molecule has 0 fully saturated rings. The molecule has 0 aliphatic heterocycles. The third kappa shape index (κ3) is 2.64. The number of carboxylic acid groups (broad SMARTS) is 1. The van der Waals surface area contributed by atoms with Crippen molar-refractivity contribution in [3.63, 3.8) is 0 Å². The van der Waals surface area contributed by atoms with Crippen molar-refractivity contribution in [1.82, 2.24) is 4.98 Å². The van der Waals surface area contributed by atoms with E-state index in [2.05, 4.69) is 18.8 Å². The minimum Gasteiger partial charge on any atom is -0.478 e. The average molecular weight is 249 g/mol. The average Bonchev–Trinajstić information content (AvgIpc) is 2.69. The van der Waals surface area contributed by atoms with E-state index in [1.54, 1.807) is 29.5 Å². The fourth-order valence-electron chi connectivity index (χ4n) is 1.64. The number of nitrogens with zero attached hydrogens (tertiary/aromatic N) is 1. The maximum absolute atomic E-state index is 10.9. The molecule has 1 heterocycles. The Morgan fingerprint density at radius 3 is 2.94 bits per heavy atom. The Bertz CT molecular complexity index is 547. The number of thiazole rings is 1. The van der Waals surface area contributed by atoms with Crippen LogP contribution in [0.5, 0.6) is 0 Å². The van der Waals surface area contributed by atoms with Gasteiger partial charge in [0.2, 0.25) is 0 Å². The molecule has 1 aromatic heterocycles. The van der Waals surface area contributed by atoms with Crippen LogP contribution in [0.3, 0.4) is 0 Å². The third-order valence-electron chi connectivity index (χ3n) is 2.90. The molecule has 0 saturated heterocycles. The molecule has 0 saturated carbocycles. The van der Waals surface area contributed by atoms with Crippen LogP contribution < -0.4 is 0 Å². The van der Waals surface area contributed by atoms with Gasteiger partial charge in [-0.25, -0.2) is 9.78 Å². The van der Waals surface area contributed by atoms with Crippen molar-refractivity contribution >= 4 is 27.5 Å². The smallest absolute Gasteiger partial charge is 0.335 e. The molecule has 0 aliphatic rings. The maximum Gasteiger partial charge on any atom is 0.335 e. The summed E-state index contributed by atoms with van der Waals surface area (Å²) in [5.41, 5.74) is 1.23. The van der Waals surface area contributed by atoms with Crippen LogP contribution in [-0.4, -0.2) is 16.1 Å². The van der Waals surface area contributed by atoms with Gasteiger partial charge in [0, 0.05) is 6.42 Å². The van der Waals surface area contributed by atoms with Gasteiger partial charge >= 0.3 is 5.97 Å². The molecule has 0 amide bonds. The topological polar surface area (TPSA) is 50.2 Å². The summed E-state index contributed by atoms with van der Waals surface area (Å²) in [7, 11) is 0. The first kappa shape index (κ1) is 12.0. The molecule has 3 nitrogen and oxygen atoms in total. The number of hydrogen-bond donors (Lipinski definition) is 1. The monoisotopic (exact) mass is 249 g/mol. The van der Waals surface area contributed by atoms with E-state index < -0.39 is 5.97 Å². The highest BCUT2D eigenvalue weighted by atomic mass is 32.1. The molecule has 0 spiro atoms. The van der Waals surface area contributed by atoms with E-state index in [1.165, 1.54) is 0 Å². The van der Waals surface area contributed by atoms with Crippen molar-refractivity contribution < 1.29 is 9.90 Å². The first-order valence-electron chi connectivity index (χ1n) is 5.73. The van der Waals surface area contributed by atoms with Crippen molar-refractivity contribution in [2.24, 2.45) is 5.92 Å². The molecule has 1 aromatic carbocycles. The summed E-state index contributed by atoms with van der Waals surface area (Å²) in [6, 6.07) is 5.10. The molecule has 0 aliphatic carbocycles. The summed E-state index contributed by atoms with van der Waals surface area (Å²) in [5.74, 6) is -0.265. The predicted octanol–water partition coefficient (Wildman–Crippen LogP) is 3.58. The molecule has 1 unspecified atom stereocenters. The quantitative estimate of drug-likeness (QED) is 0.901. The number of benzene rings is 1. The zero-order valence-corrected chi connectivity index (χ0v) is 10.8. The SMILES string of the molecule is CCC(C)Cc1nc2ccc(C(=O)O)cc2s1. The Balaban J connectivity index is 2.33. The largest absolute Gasteiger partial charge is 0.478 e. The van der Waals surface area contributed by atoms with Crippen molar-refractivity contribution in [3.8, 4) is 0 Å². The van der Waals surface area contributed by atoms with E-state index in [1.807, 2.05) is 0 Å². The zero-order chi connectivity index (χ0) is 12.4. The fourth-order valence-corrected chi connectivity index (χ4v) is 2.80. The molecule has 2 aromatic rings. The zero-order valence-electron chi connectivity index (χ0n) is 9.93. The van der Waals surface area contributed by atoms with Gasteiger partial charge < -0.3 is 5.11 Å². The van der Waals surface area contributed by atoms with Gasteiger partial charge in [-0.3, -0.25) is 0 Å². The molecule has 4 heteroatoms. The van der Waals surface area contributed by atoms with Crippen LogP contribution in [0.4, 0.5) is 0 Å². The van der Waals surface area contributed by atoms with Gasteiger partial charge in [-0.15, -0.1) is 11.3 Å². The highest BCUT2D eigenvalue weighted by Crippen LogP contribution is 2.25. The van der Waals surface area contributed by atoms with E-state index in [9.17, 15) is 4.79 Å². The van der Waals surface area contributed by atoms with E-state index in [-0.39, 0.29) is 0 Å². The van der Waals surface area contributed by atoms with Crippen LogP contribution in [0, 0.1) is 5.92 Å². The minimum atomic E-state index is -0.885. The van der Waals surface area contributed by atoms with Gasteiger partial charge in [-0.1, -0.05) is 20.3 Å². The molecular formula is C13H15NO2S. The Kier molecular flexibility index (Phi) is 3.43. The normalized spacial score (nSPS) is 12.8. The van der Waals surface area contributed by atoms with Crippen molar-refractivity contribution in [2.75, 3.05) is 0 Å². The standard InChI is InChI=1S/C13H15NO2S/c1-3-8(2)6-12-14-10-5-4-9(13(15)16)7-11(10)17-12/h4-5,7-8H,3,6H2,1-2H3,(H,15,16). The summed E-state index contributed by atoms with van der Waals surface area (Å²) in [6.07, 6.45) is 2.11. The van der Waals surface area contributed by atoms with Gasteiger partial charge in [0.25, 0.3) is 0 Å². The number of fused-ring (bicyclic) bond motifs is 1. The lowest BCUT2D eigenvalue weighted by atomic mass is 10.1. The van der Waals surface area contributed by atoms with Gasteiger partial charge in [0.05, 0.1) is 20.8 Å². The molecule has 0 bridgehead atoms. The minimum absolute atomic E-state index is 0.330. The number of rotatable bonds is 4. The molecule has 2 rings (SSSR count). The lowest BCUT2D eigenvalue weighted by Gasteiger charge is -2.03. The van der Waals surface area contributed by atoms with Crippen LogP contribution in [0.15, 0.2) is 18.2 Å². The predicted molar refractivity (Wildman–Crippen MR) is 69.7 cm³/mol. The molecule has 0 radical (unpaired) electrons. The molecular weight excluding hydrogens is 234 g/mol. The first-order valence-corrected chi connectivity index (χ1v) is 6.54. The van der Waals surface area contributed by atoms with Crippen LogP contribution in [0.25, 0.3) is 10.2 Å². The number of carboxylic acids is 1. The van der Waals surface area contributed by atoms with Crippen LogP contribution in [-0.2, 0) is 6.42 Å². The summed E-state index contributed by atoms with van der Waals surface area (Å²) in [4.78, 5) is 15.4. The van der Waals surface area contributed by atoms with Crippen LogP contribution in [0.2, 0.25) is 0 Å². The highest BCUT2D eigenvalue weighted by Gasteiger charge is 2.10. The van der Waals surface area contributed by atoms with E-state index in [0.29, 0.717) is 11.5 Å². The highest BCUT2D eigenvalue weighted by molar-refractivity contribution is 7.18. The van der Waals surface area contributed by atoms with E-state index in [0.717, 1.165) is 28.1 Å². The summed E-state index contributed by atoms with van der Waals surface area (Å²) >= 11 is 1.60. The Labute approximate surface area is 104 Å². The Morgan fingerprint density at radius 2 is 2.29 bits per heavy atom. The lowest BCUT2D eigenvalue weighted by molar-refractivity contribution is 0.0697. The van der Waals surface area contributed by atoms with Crippen LogP contribution in [0.1, 0.15) is 35.6 Å². The first-order chi connectivity index (χ1) is 8.10. The second kappa shape index (κ2) is 4.84. The lowest BCUT2D eigenvalue weighted by Crippen LogP contribution is -1.96. The second-order valence-corrected chi connectivity index (χ2v) is 5.43. The van der Waals surface area contributed by atoms with Crippen molar-refractivity contribution in [2.45, 2.75) is 26.7 Å². The number of hydrogen-bond acceptors (Lipinski definition) is 3. The second-order valence-electron chi connectivity index (χ2n) is 4.31. The van der Waals surface area contributed by atoms with Crippen LogP contribution >= 0.6 is 11.3 Å². The van der Waals surface area contributed by atoms with Crippen molar-refractivity contribution in [3.05, 3.63) is 28.8 Å². The maximum atomic E-state index is 10.9. The molecule has 90 valence electrons.